The van der Waals surface area contributed by atoms with Crippen molar-refractivity contribution in [2.45, 2.75) is 51.1 Å². The third-order valence-corrected chi connectivity index (χ3v) is 4.93. The summed E-state index contributed by atoms with van der Waals surface area (Å²) < 4.78 is 0. The van der Waals surface area contributed by atoms with Crippen LogP contribution in [0.3, 0.4) is 0 Å². The molecule has 2 aliphatic carbocycles. The lowest BCUT2D eigenvalue weighted by atomic mass is 9.84. The molecule has 2 amide bonds. The molecular formula is C15H25N3O2. The van der Waals surface area contributed by atoms with Crippen molar-refractivity contribution in [2.24, 2.45) is 5.92 Å². The largest absolute Gasteiger partial charge is 0.352 e. The summed E-state index contributed by atoms with van der Waals surface area (Å²) in [4.78, 5) is 28.4. The van der Waals surface area contributed by atoms with Gasteiger partial charge in [0.25, 0.3) is 0 Å². The Kier molecular flexibility index (Phi) is 3.96. The first kappa shape index (κ1) is 13.9. The van der Waals surface area contributed by atoms with Crippen LogP contribution in [-0.4, -0.2) is 59.9 Å². The highest BCUT2D eigenvalue weighted by Gasteiger charge is 2.34. The molecule has 1 aliphatic heterocycles. The minimum absolute atomic E-state index is 0.0726. The van der Waals surface area contributed by atoms with Gasteiger partial charge in [-0.15, -0.1) is 0 Å². The predicted octanol–water partition coefficient (Wildman–Crippen LogP) is 0.598. The van der Waals surface area contributed by atoms with E-state index < -0.39 is 0 Å². The number of carbonyl (C=O) groups is 2. The predicted molar refractivity (Wildman–Crippen MR) is 76.1 cm³/mol. The van der Waals surface area contributed by atoms with Crippen molar-refractivity contribution in [2.75, 3.05) is 26.2 Å². The molecule has 1 N–H and O–H groups in total. The Bertz CT molecular complexity index is 383. The second kappa shape index (κ2) is 5.72. The van der Waals surface area contributed by atoms with Crippen LogP contribution in [0.25, 0.3) is 0 Å². The van der Waals surface area contributed by atoms with Crippen molar-refractivity contribution in [1.29, 1.82) is 0 Å². The van der Waals surface area contributed by atoms with Crippen LogP contribution in [0.4, 0.5) is 0 Å². The van der Waals surface area contributed by atoms with Crippen molar-refractivity contribution >= 4 is 11.8 Å². The zero-order chi connectivity index (χ0) is 14.1. The van der Waals surface area contributed by atoms with E-state index in [1.54, 1.807) is 0 Å². The average Bonchev–Trinajstić information content (AvgIpc) is 3.20. The van der Waals surface area contributed by atoms with Gasteiger partial charge >= 0.3 is 0 Å². The molecule has 1 heterocycles. The van der Waals surface area contributed by atoms with E-state index >= 15 is 0 Å². The summed E-state index contributed by atoms with van der Waals surface area (Å²) in [6.45, 7) is 5.16. The van der Waals surface area contributed by atoms with Gasteiger partial charge in [-0.3, -0.25) is 14.5 Å². The molecule has 1 unspecified atom stereocenters. The molecule has 5 nitrogen and oxygen atoms in total. The minimum Gasteiger partial charge on any atom is -0.352 e. The monoisotopic (exact) mass is 279 g/mol. The molecule has 112 valence electrons. The second-order valence-electron chi connectivity index (χ2n) is 6.45. The van der Waals surface area contributed by atoms with Crippen molar-refractivity contribution in [3.05, 3.63) is 0 Å². The smallest absolute Gasteiger partial charge is 0.237 e. The first-order valence-electron chi connectivity index (χ1n) is 7.98. The van der Waals surface area contributed by atoms with E-state index in [0.717, 1.165) is 51.9 Å². The van der Waals surface area contributed by atoms with Gasteiger partial charge in [0.2, 0.25) is 11.8 Å². The Morgan fingerprint density at radius 3 is 2.20 bits per heavy atom. The van der Waals surface area contributed by atoms with Gasteiger partial charge in [-0.25, -0.2) is 0 Å². The molecule has 5 heteroatoms. The molecule has 0 spiro atoms. The molecule has 0 bridgehead atoms. The van der Waals surface area contributed by atoms with Gasteiger partial charge in [-0.05, 0) is 32.6 Å². The maximum absolute atomic E-state index is 12.2. The van der Waals surface area contributed by atoms with Crippen LogP contribution in [-0.2, 0) is 9.59 Å². The topological polar surface area (TPSA) is 52.7 Å². The molecule has 0 aromatic heterocycles. The number of carbonyl (C=O) groups excluding carboxylic acids is 2. The summed E-state index contributed by atoms with van der Waals surface area (Å²) in [6.07, 6.45) is 5.59. The number of hydrogen-bond donors (Lipinski definition) is 1. The van der Waals surface area contributed by atoms with E-state index in [0.29, 0.717) is 11.9 Å². The maximum Gasteiger partial charge on any atom is 0.237 e. The van der Waals surface area contributed by atoms with Crippen LogP contribution in [0.15, 0.2) is 0 Å². The Balaban J connectivity index is 1.44. The van der Waals surface area contributed by atoms with Crippen LogP contribution in [0.1, 0.15) is 39.0 Å². The number of hydrogen-bond acceptors (Lipinski definition) is 3. The number of amides is 2. The lowest BCUT2D eigenvalue weighted by Crippen LogP contribution is -2.56. The normalized spacial score (nSPS) is 25.9. The molecule has 3 rings (SSSR count). The summed E-state index contributed by atoms with van der Waals surface area (Å²) in [5.74, 6) is 0.773. The van der Waals surface area contributed by atoms with Crippen molar-refractivity contribution in [3.63, 3.8) is 0 Å². The summed E-state index contributed by atoms with van der Waals surface area (Å²) >= 11 is 0. The lowest BCUT2D eigenvalue weighted by Gasteiger charge is -2.40. The number of rotatable bonds is 4. The van der Waals surface area contributed by atoms with E-state index in [1.807, 2.05) is 11.8 Å². The SMILES string of the molecule is CC(C(=O)NC1CC1)N1CCN(C(=O)C2CCC2)CC1. The maximum atomic E-state index is 12.2. The quantitative estimate of drug-likeness (QED) is 0.820. The fraction of sp³-hybridized carbons (Fsp3) is 0.867. The molecule has 3 aliphatic rings. The highest BCUT2D eigenvalue weighted by atomic mass is 16.2. The Morgan fingerprint density at radius 1 is 1.05 bits per heavy atom. The zero-order valence-corrected chi connectivity index (χ0v) is 12.3. The van der Waals surface area contributed by atoms with Crippen LogP contribution in [0.2, 0.25) is 0 Å². The Labute approximate surface area is 120 Å². The van der Waals surface area contributed by atoms with Crippen LogP contribution >= 0.6 is 0 Å². The molecule has 20 heavy (non-hydrogen) atoms. The summed E-state index contributed by atoms with van der Waals surface area (Å²) in [5, 5.41) is 3.06. The fourth-order valence-electron chi connectivity index (χ4n) is 2.96. The van der Waals surface area contributed by atoms with Crippen LogP contribution < -0.4 is 5.32 Å². The van der Waals surface area contributed by atoms with Gasteiger partial charge in [0, 0.05) is 38.1 Å². The molecule has 0 aromatic rings. The van der Waals surface area contributed by atoms with Crippen molar-refractivity contribution < 1.29 is 9.59 Å². The number of nitrogens with zero attached hydrogens (tertiary/aromatic N) is 2. The second-order valence-corrected chi connectivity index (χ2v) is 6.45. The van der Waals surface area contributed by atoms with Gasteiger partial charge < -0.3 is 10.2 Å². The van der Waals surface area contributed by atoms with Gasteiger partial charge in [0.1, 0.15) is 0 Å². The van der Waals surface area contributed by atoms with Crippen LogP contribution in [0, 0.1) is 5.92 Å². The molecule has 1 saturated heterocycles. The minimum atomic E-state index is -0.0726. The molecule has 3 fully saturated rings. The number of piperazine rings is 1. The highest BCUT2D eigenvalue weighted by molar-refractivity contribution is 5.82. The van der Waals surface area contributed by atoms with E-state index in [4.69, 9.17) is 0 Å². The van der Waals surface area contributed by atoms with Crippen LogP contribution in [0.5, 0.6) is 0 Å². The number of nitrogens with one attached hydrogen (secondary N) is 1. The molecule has 0 radical (unpaired) electrons. The summed E-state index contributed by atoms with van der Waals surface area (Å²) in [7, 11) is 0. The first-order valence-corrected chi connectivity index (χ1v) is 7.98. The van der Waals surface area contributed by atoms with Gasteiger partial charge in [0.15, 0.2) is 0 Å². The first-order chi connectivity index (χ1) is 9.65. The standard InChI is InChI=1S/C15H25N3O2/c1-11(14(19)16-13-5-6-13)17-7-9-18(10-8-17)15(20)12-3-2-4-12/h11-13H,2-10H2,1H3,(H,16,19). The molecule has 2 saturated carbocycles. The Hall–Kier alpha value is -1.10. The third-order valence-electron chi connectivity index (χ3n) is 4.93. The van der Waals surface area contributed by atoms with Gasteiger partial charge in [0.05, 0.1) is 6.04 Å². The zero-order valence-electron chi connectivity index (χ0n) is 12.3. The van der Waals surface area contributed by atoms with E-state index in [-0.39, 0.29) is 17.9 Å². The molecular weight excluding hydrogens is 254 g/mol. The Morgan fingerprint density at radius 2 is 1.70 bits per heavy atom. The van der Waals surface area contributed by atoms with E-state index in [2.05, 4.69) is 10.2 Å². The van der Waals surface area contributed by atoms with Crippen molar-refractivity contribution in [1.82, 2.24) is 15.1 Å². The summed E-state index contributed by atoms with van der Waals surface area (Å²) in [6, 6.07) is 0.350. The van der Waals surface area contributed by atoms with E-state index in [1.165, 1.54) is 6.42 Å². The van der Waals surface area contributed by atoms with Gasteiger partial charge in [-0.2, -0.15) is 0 Å². The lowest BCUT2D eigenvalue weighted by molar-refractivity contribution is -0.140. The molecule has 1 atom stereocenters. The fourth-order valence-corrected chi connectivity index (χ4v) is 2.96. The third kappa shape index (κ3) is 2.97. The summed E-state index contributed by atoms with van der Waals surface area (Å²) in [5.41, 5.74) is 0. The highest BCUT2D eigenvalue weighted by Crippen LogP contribution is 2.28. The average molecular weight is 279 g/mol. The van der Waals surface area contributed by atoms with Gasteiger partial charge in [-0.1, -0.05) is 6.42 Å². The van der Waals surface area contributed by atoms with E-state index in [9.17, 15) is 9.59 Å². The van der Waals surface area contributed by atoms with Crippen molar-refractivity contribution in [3.8, 4) is 0 Å². The molecule has 0 aromatic carbocycles.